The standard InChI is InChI=1S/C14H23N.ClH/c1-4-5-9-14(15)13-8-6-7-12(10-13)11(2)3;/h6-8,10-11,14H,4-5,9,15H2,1-3H3;1H/t14-;/m0./s1. The maximum absolute atomic E-state index is 6.15. The fourth-order valence-electron chi connectivity index (χ4n) is 1.74. The second-order valence-electron chi connectivity index (χ2n) is 4.57. The number of rotatable bonds is 5. The van der Waals surface area contributed by atoms with Crippen LogP contribution in [0.15, 0.2) is 24.3 Å². The smallest absolute Gasteiger partial charge is 0.0294 e. The van der Waals surface area contributed by atoms with Crippen LogP contribution in [0.25, 0.3) is 0 Å². The van der Waals surface area contributed by atoms with Crippen LogP contribution in [0.3, 0.4) is 0 Å². The predicted molar refractivity (Wildman–Crippen MR) is 74.2 cm³/mol. The second kappa shape index (κ2) is 7.70. The molecule has 1 nitrogen and oxygen atoms in total. The molecule has 1 aromatic rings. The van der Waals surface area contributed by atoms with E-state index in [2.05, 4.69) is 45.0 Å². The summed E-state index contributed by atoms with van der Waals surface area (Å²) in [6.45, 7) is 6.64. The lowest BCUT2D eigenvalue weighted by Crippen LogP contribution is -2.10. The summed E-state index contributed by atoms with van der Waals surface area (Å²) in [5.41, 5.74) is 8.83. The predicted octanol–water partition coefficient (Wildman–Crippen LogP) is 4.42. The van der Waals surface area contributed by atoms with E-state index in [0.717, 1.165) is 6.42 Å². The van der Waals surface area contributed by atoms with Crippen molar-refractivity contribution in [1.29, 1.82) is 0 Å². The monoisotopic (exact) mass is 241 g/mol. The van der Waals surface area contributed by atoms with E-state index in [4.69, 9.17) is 5.73 Å². The van der Waals surface area contributed by atoms with E-state index in [-0.39, 0.29) is 18.4 Å². The van der Waals surface area contributed by atoms with Crippen LogP contribution in [0.4, 0.5) is 0 Å². The summed E-state index contributed by atoms with van der Waals surface area (Å²) in [4.78, 5) is 0. The largest absolute Gasteiger partial charge is 0.324 e. The Kier molecular flexibility index (Phi) is 7.44. The molecule has 16 heavy (non-hydrogen) atoms. The van der Waals surface area contributed by atoms with E-state index >= 15 is 0 Å². The molecule has 0 saturated heterocycles. The van der Waals surface area contributed by atoms with Crippen molar-refractivity contribution >= 4 is 12.4 Å². The molecule has 2 N–H and O–H groups in total. The van der Waals surface area contributed by atoms with Gasteiger partial charge in [-0.3, -0.25) is 0 Å². The van der Waals surface area contributed by atoms with Crippen LogP contribution >= 0.6 is 12.4 Å². The SMILES string of the molecule is CCCC[C@H](N)c1cccc(C(C)C)c1.Cl. The van der Waals surface area contributed by atoms with Crippen molar-refractivity contribution in [2.75, 3.05) is 0 Å². The van der Waals surface area contributed by atoms with Crippen molar-refractivity contribution in [2.45, 2.75) is 52.0 Å². The molecular formula is C14H24ClN. The van der Waals surface area contributed by atoms with Gasteiger partial charge >= 0.3 is 0 Å². The van der Waals surface area contributed by atoms with Gasteiger partial charge in [0.25, 0.3) is 0 Å². The average molecular weight is 242 g/mol. The summed E-state index contributed by atoms with van der Waals surface area (Å²) in [7, 11) is 0. The zero-order valence-corrected chi connectivity index (χ0v) is 11.4. The molecule has 0 unspecified atom stereocenters. The molecule has 0 aromatic heterocycles. The minimum absolute atomic E-state index is 0. The Balaban J connectivity index is 0.00000225. The summed E-state index contributed by atoms with van der Waals surface area (Å²) in [5, 5.41) is 0. The van der Waals surface area contributed by atoms with E-state index < -0.39 is 0 Å². The Morgan fingerprint density at radius 3 is 2.38 bits per heavy atom. The highest BCUT2D eigenvalue weighted by atomic mass is 35.5. The zero-order chi connectivity index (χ0) is 11.3. The maximum atomic E-state index is 6.15. The van der Waals surface area contributed by atoms with E-state index in [0.29, 0.717) is 5.92 Å². The summed E-state index contributed by atoms with van der Waals surface area (Å²) in [6, 6.07) is 8.91. The van der Waals surface area contributed by atoms with Crippen LogP contribution in [0.1, 0.15) is 63.1 Å². The highest BCUT2D eigenvalue weighted by Crippen LogP contribution is 2.21. The van der Waals surface area contributed by atoms with E-state index in [1.807, 2.05) is 0 Å². The van der Waals surface area contributed by atoms with Crippen molar-refractivity contribution in [3.63, 3.8) is 0 Å². The third-order valence-corrected chi connectivity index (χ3v) is 2.87. The Morgan fingerprint density at radius 1 is 1.19 bits per heavy atom. The van der Waals surface area contributed by atoms with Crippen LogP contribution in [-0.4, -0.2) is 0 Å². The molecule has 0 aliphatic carbocycles. The Bertz CT molecular complexity index is 297. The van der Waals surface area contributed by atoms with Gasteiger partial charge in [-0.05, 0) is 23.5 Å². The van der Waals surface area contributed by atoms with Crippen molar-refractivity contribution in [1.82, 2.24) is 0 Å². The van der Waals surface area contributed by atoms with E-state index in [1.165, 1.54) is 24.0 Å². The van der Waals surface area contributed by atoms with Crippen molar-refractivity contribution < 1.29 is 0 Å². The summed E-state index contributed by atoms with van der Waals surface area (Å²) in [6.07, 6.45) is 3.53. The third-order valence-electron chi connectivity index (χ3n) is 2.87. The fourth-order valence-corrected chi connectivity index (χ4v) is 1.74. The van der Waals surface area contributed by atoms with Gasteiger partial charge in [-0.2, -0.15) is 0 Å². The molecule has 1 aromatic carbocycles. The van der Waals surface area contributed by atoms with Gasteiger partial charge in [0.15, 0.2) is 0 Å². The first-order chi connectivity index (χ1) is 7.15. The summed E-state index contributed by atoms with van der Waals surface area (Å²) >= 11 is 0. The molecule has 0 saturated carbocycles. The number of halogens is 1. The fraction of sp³-hybridized carbons (Fsp3) is 0.571. The van der Waals surface area contributed by atoms with Gasteiger partial charge in [-0.25, -0.2) is 0 Å². The van der Waals surface area contributed by atoms with Gasteiger partial charge in [0.1, 0.15) is 0 Å². The van der Waals surface area contributed by atoms with Crippen molar-refractivity contribution in [2.24, 2.45) is 5.73 Å². The van der Waals surface area contributed by atoms with Gasteiger partial charge in [-0.15, -0.1) is 12.4 Å². The Hall–Kier alpha value is -0.530. The molecular weight excluding hydrogens is 218 g/mol. The molecule has 0 aliphatic heterocycles. The first-order valence-corrected chi connectivity index (χ1v) is 6.00. The first-order valence-electron chi connectivity index (χ1n) is 6.00. The number of hydrogen-bond acceptors (Lipinski definition) is 1. The zero-order valence-electron chi connectivity index (χ0n) is 10.6. The van der Waals surface area contributed by atoms with E-state index in [9.17, 15) is 0 Å². The molecule has 0 spiro atoms. The van der Waals surface area contributed by atoms with Gasteiger partial charge in [0, 0.05) is 6.04 Å². The normalized spacial score (nSPS) is 12.3. The lowest BCUT2D eigenvalue weighted by Gasteiger charge is -2.14. The number of nitrogens with two attached hydrogens (primary N) is 1. The molecule has 0 radical (unpaired) electrons. The highest BCUT2D eigenvalue weighted by Gasteiger charge is 2.07. The summed E-state index contributed by atoms with van der Waals surface area (Å²) in [5.74, 6) is 0.586. The lowest BCUT2D eigenvalue weighted by molar-refractivity contribution is 0.602. The lowest BCUT2D eigenvalue weighted by atomic mass is 9.96. The first kappa shape index (κ1) is 15.5. The Morgan fingerprint density at radius 2 is 1.81 bits per heavy atom. The van der Waals surface area contributed by atoms with Crippen molar-refractivity contribution in [3.8, 4) is 0 Å². The van der Waals surface area contributed by atoms with Crippen LogP contribution in [0.5, 0.6) is 0 Å². The number of benzene rings is 1. The topological polar surface area (TPSA) is 26.0 Å². The van der Waals surface area contributed by atoms with Gasteiger partial charge in [-0.1, -0.05) is 57.9 Å². The molecule has 0 amide bonds. The highest BCUT2D eigenvalue weighted by molar-refractivity contribution is 5.85. The van der Waals surface area contributed by atoms with Gasteiger partial charge in [0.05, 0.1) is 0 Å². The summed E-state index contributed by atoms with van der Waals surface area (Å²) < 4.78 is 0. The average Bonchev–Trinajstić information content (AvgIpc) is 2.26. The van der Waals surface area contributed by atoms with Crippen LogP contribution in [-0.2, 0) is 0 Å². The number of unbranched alkanes of at least 4 members (excludes halogenated alkanes) is 1. The molecule has 0 fully saturated rings. The molecule has 0 aliphatic rings. The quantitative estimate of drug-likeness (QED) is 0.811. The van der Waals surface area contributed by atoms with Gasteiger partial charge in [0.2, 0.25) is 0 Å². The molecule has 0 bridgehead atoms. The second-order valence-corrected chi connectivity index (χ2v) is 4.57. The molecule has 1 rings (SSSR count). The minimum atomic E-state index is 0. The van der Waals surface area contributed by atoms with E-state index in [1.54, 1.807) is 0 Å². The molecule has 92 valence electrons. The van der Waals surface area contributed by atoms with Crippen molar-refractivity contribution in [3.05, 3.63) is 35.4 Å². The maximum Gasteiger partial charge on any atom is 0.0294 e. The van der Waals surface area contributed by atoms with Crippen LogP contribution in [0, 0.1) is 0 Å². The third kappa shape index (κ3) is 4.54. The van der Waals surface area contributed by atoms with Crippen LogP contribution < -0.4 is 5.73 Å². The van der Waals surface area contributed by atoms with Gasteiger partial charge < -0.3 is 5.73 Å². The molecule has 2 heteroatoms. The van der Waals surface area contributed by atoms with Crippen LogP contribution in [0.2, 0.25) is 0 Å². The number of hydrogen-bond donors (Lipinski definition) is 1. The minimum Gasteiger partial charge on any atom is -0.324 e. The molecule has 1 atom stereocenters. The molecule has 0 heterocycles. The Labute approximate surface area is 106 Å².